The van der Waals surface area contributed by atoms with E-state index in [1.54, 1.807) is 27.1 Å². The minimum Gasteiger partial charge on any atom is -0.493 e. The average Bonchev–Trinajstić information content (AvgIpc) is 2.72. The number of benzene rings is 2. The Kier molecular flexibility index (Phi) is 7.17. The Bertz CT molecular complexity index is 1290. The van der Waals surface area contributed by atoms with Gasteiger partial charge in [0.05, 0.1) is 37.9 Å². The molecule has 10 heteroatoms. The molecule has 0 bridgehead atoms. The Labute approximate surface area is 187 Å². The third-order valence-corrected chi connectivity index (χ3v) is 6.48. The minimum absolute atomic E-state index is 0.302. The van der Waals surface area contributed by atoms with Crippen LogP contribution in [0.1, 0.15) is 22.5 Å². The zero-order valence-electron chi connectivity index (χ0n) is 18.9. The molecule has 0 aliphatic heterocycles. The molecule has 0 spiro atoms. The number of methoxy groups -OCH3 is 2. The number of fused-ring (bicyclic) bond motifs is 1. The standard InChI is InChI=1S/C22H28N4O5S/c1-14-20-17(10-18(30-3)21(14)31-4)24-19(25-22(20)27)12-23-11-15-7-6-8-16(9-15)13-26(2)32(5,28)29/h6-10,23H,11-13H2,1-5H3,(H,24,25,27). The number of aromatic amines is 1. The quantitative estimate of drug-likeness (QED) is 0.502. The summed E-state index contributed by atoms with van der Waals surface area (Å²) in [5.41, 5.74) is 2.86. The Hall–Kier alpha value is -2.95. The molecule has 0 fully saturated rings. The largest absolute Gasteiger partial charge is 0.493 e. The molecule has 0 amide bonds. The molecule has 32 heavy (non-hydrogen) atoms. The Morgan fingerprint density at radius 1 is 1.12 bits per heavy atom. The van der Waals surface area contributed by atoms with Crippen molar-refractivity contribution in [3.05, 3.63) is 63.2 Å². The summed E-state index contributed by atoms with van der Waals surface area (Å²) in [5, 5.41) is 3.73. The molecule has 0 saturated heterocycles. The van der Waals surface area contributed by atoms with Crippen molar-refractivity contribution in [3.63, 3.8) is 0 Å². The molecule has 9 nitrogen and oxygen atoms in total. The van der Waals surface area contributed by atoms with Gasteiger partial charge < -0.3 is 19.8 Å². The van der Waals surface area contributed by atoms with Gasteiger partial charge in [-0.25, -0.2) is 12.7 Å². The zero-order valence-corrected chi connectivity index (χ0v) is 19.7. The van der Waals surface area contributed by atoms with Gasteiger partial charge in [0.2, 0.25) is 10.0 Å². The van der Waals surface area contributed by atoms with Crippen molar-refractivity contribution in [2.24, 2.45) is 0 Å². The molecule has 3 rings (SSSR count). The highest BCUT2D eigenvalue weighted by molar-refractivity contribution is 7.88. The van der Waals surface area contributed by atoms with Crippen LogP contribution >= 0.6 is 0 Å². The second-order valence-corrected chi connectivity index (χ2v) is 9.68. The van der Waals surface area contributed by atoms with Crippen LogP contribution in [0.3, 0.4) is 0 Å². The molecule has 2 N–H and O–H groups in total. The predicted molar refractivity (Wildman–Crippen MR) is 124 cm³/mol. The van der Waals surface area contributed by atoms with E-state index in [0.717, 1.165) is 11.1 Å². The van der Waals surface area contributed by atoms with Crippen molar-refractivity contribution in [1.82, 2.24) is 19.6 Å². The number of H-pyrrole nitrogens is 1. The van der Waals surface area contributed by atoms with Crippen LogP contribution in [0.4, 0.5) is 0 Å². The number of hydrogen-bond donors (Lipinski definition) is 2. The summed E-state index contributed by atoms with van der Waals surface area (Å²) in [6, 6.07) is 9.41. The number of rotatable bonds is 9. The van der Waals surface area contributed by atoms with Gasteiger partial charge in [-0.05, 0) is 18.1 Å². The Morgan fingerprint density at radius 3 is 2.50 bits per heavy atom. The summed E-state index contributed by atoms with van der Waals surface area (Å²) in [6.45, 7) is 2.98. The van der Waals surface area contributed by atoms with Crippen molar-refractivity contribution in [2.45, 2.75) is 26.6 Å². The highest BCUT2D eigenvalue weighted by Crippen LogP contribution is 2.34. The molecule has 3 aromatic rings. The number of aromatic nitrogens is 2. The monoisotopic (exact) mass is 460 g/mol. The molecule has 1 aromatic heterocycles. The molecule has 0 aliphatic carbocycles. The summed E-state index contributed by atoms with van der Waals surface area (Å²) < 4.78 is 35.3. The second-order valence-electron chi connectivity index (χ2n) is 7.59. The van der Waals surface area contributed by atoms with E-state index in [-0.39, 0.29) is 5.56 Å². The number of ether oxygens (including phenoxy) is 2. The first-order chi connectivity index (χ1) is 15.1. The first-order valence-electron chi connectivity index (χ1n) is 9.98. The van der Waals surface area contributed by atoms with Crippen molar-refractivity contribution >= 4 is 20.9 Å². The minimum atomic E-state index is -3.24. The lowest BCUT2D eigenvalue weighted by atomic mass is 10.1. The lowest BCUT2D eigenvalue weighted by Gasteiger charge is -2.15. The van der Waals surface area contributed by atoms with Gasteiger partial charge in [0.15, 0.2) is 11.5 Å². The molecule has 2 aromatic carbocycles. The maximum atomic E-state index is 12.6. The van der Waals surface area contributed by atoms with Gasteiger partial charge in [-0.3, -0.25) is 4.79 Å². The number of aryl methyl sites for hydroxylation is 1. The molecule has 1 heterocycles. The van der Waals surface area contributed by atoms with E-state index < -0.39 is 10.0 Å². The van der Waals surface area contributed by atoms with Crippen LogP contribution in [0.2, 0.25) is 0 Å². The average molecular weight is 461 g/mol. The van der Waals surface area contributed by atoms with Crippen molar-refractivity contribution in [1.29, 1.82) is 0 Å². The van der Waals surface area contributed by atoms with Crippen LogP contribution in [0.5, 0.6) is 11.5 Å². The van der Waals surface area contributed by atoms with E-state index in [1.165, 1.54) is 17.7 Å². The van der Waals surface area contributed by atoms with Crippen LogP contribution < -0.4 is 20.3 Å². The molecule has 0 radical (unpaired) electrons. The third kappa shape index (κ3) is 5.26. The van der Waals surface area contributed by atoms with Gasteiger partial charge in [-0.15, -0.1) is 0 Å². The summed E-state index contributed by atoms with van der Waals surface area (Å²) >= 11 is 0. The molecular formula is C22H28N4O5S. The molecule has 0 unspecified atom stereocenters. The number of sulfonamides is 1. The Balaban J connectivity index is 1.75. The third-order valence-electron chi connectivity index (χ3n) is 5.22. The topological polar surface area (TPSA) is 114 Å². The molecule has 172 valence electrons. The Morgan fingerprint density at radius 2 is 1.84 bits per heavy atom. The lowest BCUT2D eigenvalue weighted by Crippen LogP contribution is -2.25. The maximum Gasteiger partial charge on any atom is 0.281 e. The normalized spacial score (nSPS) is 11.8. The fourth-order valence-corrected chi connectivity index (χ4v) is 3.92. The zero-order chi connectivity index (χ0) is 23.5. The fraction of sp³-hybridized carbons (Fsp3) is 0.364. The first-order valence-corrected chi connectivity index (χ1v) is 11.8. The molecule has 0 saturated carbocycles. The highest BCUT2D eigenvalue weighted by atomic mass is 32.2. The van der Waals surface area contributed by atoms with Gasteiger partial charge in [0.1, 0.15) is 5.82 Å². The predicted octanol–water partition coefficient (Wildman–Crippen LogP) is 1.93. The van der Waals surface area contributed by atoms with E-state index in [0.29, 0.717) is 53.4 Å². The van der Waals surface area contributed by atoms with Crippen LogP contribution in [0.25, 0.3) is 10.9 Å². The summed E-state index contributed by atoms with van der Waals surface area (Å²) in [6.07, 6.45) is 1.18. The second kappa shape index (κ2) is 9.68. The molecular weight excluding hydrogens is 432 g/mol. The smallest absolute Gasteiger partial charge is 0.281 e. The van der Waals surface area contributed by atoms with E-state index >= 15 is 0 Å². The van der Waals surface area contributed by atoms with Gasteiger partial charge in [0, 0.05) is 31.8 Å². The van der Waals surface area contributed by atoms with Crippen LogP contribution in [0.15, 0.2) is 35.1 Å². The van der Waals surface area contributed by atoms with Gasteiger partial charge in [0.25, 0.3) is 5.56 Å². The van der Waals surface area contributed by atoms with Gasteiger partial charge in [-0.1, -0.05) is 24.3 Å². The summed E-state index contributed by atoms with van der Waals surface area (Å²) in [7, 11) is 1.39. The summed E-state index contributed by atoms with van der Waals surface area (Å²) in [5.74, 6) is 1.55. The van der Waals surface area contributed by atoms with E-state index in [9.17, 15) is 13.2 Å². The SMILES string of the molecule is COc1cc2[nH]c(CNCc3cccc(CN(C)S(C)(=O)=O)c3)nc(=O)c2c(C)c1OC. The van der Waals surface area contributed by atoms with Gasteiger partial charge in [-0.2, -0.15) is 4.98 Å². The lowest BCUT2D eigenvalue weighted by molar-refractivity contribution is 0.354. The van der Waals surface area contributed by atoms with Crippen LogP contribution in [0, 0.1) is 6.92 Å². The van der Waals surface area contributed by atoms with E-state index in [1.807, 2.05) is 24.3 Å². The summed E-state index contributed by atoms with van der Waals surface area (Å²) in [4.78, 5) is 20.0. The van der Waals surface area contributed by atoms with Crippen LogP contribution in [-0.4, -0.2) is 50.2 Å². The van der Waals surface area contributed by atoms with Crippen molar-refractivity contribution in [3.8, 4) is 11.5 Å². The number of nitrogens with one attached hydrogen (secondary N) is 2. The number of nitrogens with zero attached hydrogens (tertiary/aromatic N) is 2. The van der Waals surface area contributed by atoms with E-state index in [2.05, 4.69) is 15.3 Å². The molecule has 0 atom stereocenters. The first kappa shape index (κ1) is 23.7. The van der Waals surface area contributed by atoms with E-state index in [4.69, 9.17) is 9.47 Å². The maximum absolute atomic E-state index is 12.6. The van der Waals surface area contributed by atoms with Gasteiger partial charge >= 0.3 is 0 Å². The van der Waals surface area contributed by atoms with Crippen LogP contribution in [-0.2, 0) is 29.7 Å². The fourth-order valence-electron chi connectivity index (χ4n) is 3.53. The highest BCUT2D eigenvalue weighted by Gasteiger charge is 2.16. The number of hydrogen-bond acceptors (Lipinski definition) is 7. The van der Waals surface area contributed by atoms with Crippen molar-refractivity contribution < 1.29 is 17.9 Å². The molecule has 0 aliphatic rings. The van der Waals surface area contributed by atoms with Crippen molar-refractivity contribution in [2.75, 3.05) is 27.5 Å².